The Morgan fingerprint density at radius 1 is 1.37 bits per heavy atom. The molecule has 3 atom stereocenters. The van der Waals surface area contributed by atoms with Crippen LogP contribution in [0, 0.1) is 17.3 Å². The maximum atomic E-state index is 12.0. The van der Waals surface area contributed by atoms with Gasteiger partial charge >= 0.3 is 6.18 Å². The minimum absolute atomic E-state index is 0.0238. The standard InChI is InChI=1S/C13H20F3NO2/c1-8(19-7-13(14,15)16)4-11(18)17-5-9-10(6-17)12(9,2)3/h8-10H,4-7H2,1-3H3/t8-,9?,10?/m1/s1. The number of alkyl halides is 3. The first-order valence-electron chi connectivity index (χ1n) is 6.57. The highest BCUT2D eigenvalue weighted by molar-refractivity contribution is 5.77. The zero-order chi connectivity index (χ0) is 14.4. The summed E-state index contributed by atoms with van der Waals surface area (Å²) >= 11 is 0. The maximum absolute atomic E-state index is 12.0. The van der Waals surface area contributed by atoms with Gasteiger partial charge in [-0.2, -0.15) is 13.2 Å². The van der Waals surface area contributed by atoms with E-state index in [-0.39, 0.29) is 12.3 Å². The van der Waals surface area contributed by atoms with E-state index >= 15 is 0 Å². The zero-order valence-electron chi connectivity index (χ0n) is 11.5. The quantitative estimate of drug-likeness (QED) is 0.791. The third kappa shape index (κ3) is 3.22. The van der Waals surface area contributed by atoms with Crippen LogP contribution < -0.4 is 0 Å². The zero-order valence-corrected chi connectivity index (χ0v) is 11.5. The van der Waals surface area contributed by atoms with Gasteiger partial charge in [-0.15, -0.1) is 0 Å². The molecule has 2 unspecified atom stereocenters. The van der Waals surface area contributed by atoms with E-state index in [0.717, 1.165) is 13.1 Å². The van der Waals surface area contributed by atoms with Crippen molar-refractivity contribution < 1.29 is 22.7 Å². The molecule has 19 heavy (non-hydrogen) atoms. The van der Waals surface area contributed by atoms with E-state index in [2.05, 4.69) is 18.6 Å². The molecule has 6 heteroatoms. The number of ether oxygens (including phenoxy) is 1. The molecule has 0 N–H and O–H groups in total. The minimum atomic E-state index is -4.34. The normalized spacial score (nSPS) is 30.1. The average molecular weight is 279 g/mol. The summed E-state index contributed by atoms with van der Waals surface area (Å²) in [5.41, 5.74) is 0.329. The van der Waals surface area contributed by atoms with Crippen molar-refractivity contribution in [2.24, 2.45) is 17.3 Å². The summed E-state index contributed by atoms with van der Waals surface area (Å²) in [6, 6.07) is 0. The lowest BCUT2D eigenvalue weighted by atomic mass is 10.1. The third-order valence-corrected chi connectivity index (χ3v) is 4.47. The fourth-order valence-corrected chi connectivity index (χ4v) is 3.01. The molecule has 0 radical (unpaired) electrons. The number of fused-ring (bicyclic) bond motifs is 1. The summed E-state index contributed by atoms with van der Waals surface area (Å²) < 4.78 is 40.6. The summed E-state index contributed by atoms with van der Waals surface area (Å²) in [6.07, 6.45) is -5.01. The van der Waals surface area contributed by atoms with Crippen LogP contribution in [0.3, 0.4) is 0 Å². The van der Waals surface area contributed by atoms with E-state index in [4.69, 9.17) is 0 Å². The van der Waals surface area contributed by atoms with Gasteiger partial charge in [0.2, 0.25) is 5.91 Å². The Kier molecular flexibility index (Phi) is 3.58. The first kappa shape index (κ1) is 14.6. The molecule has 1 saturated carbocycles. The fraction of sp³-hybridized carbons (Fsp3) is 0.923. The van der Waals surface area contributed by atoms with Gasteiger partial charge in [0.25, 0.3) is 0 Å². The Labute approximate surface area is 111 Å². The molecule has 1 aliphatic carbocycles. The van der Waals surface area contributed by atoms with Crippen molar-refractivity contribution >= 4 is 5.91 Å². The second-order valence-corrected chi connectivity index (χ2v) is 6.27. The number of rotatable bonds is 4. The van der Waals surface area contributed by atoms with E-state index in [1.165, 1.54) is 6.92 Å². The second-order valence-electron chi connectivity index (χ2n) is 6.27. The van der Waals surface area contributed by atoms with Gasteiger partial charge in [-0.25, -0.2) is 0 Å². The highest BCUT2D eigenvalue weighted by Crippen LogP contribution is 2.61. The van der Waals surface area contributed by atoms with Gasteiger partial charge in [0.15, 0.2) is 0 Å². The van der Waals surface area contributed by atoms with Crippen LogP contribution >= 0.6 is 0 Å². The summed E-state index contributed by atoms with van der Waals surface area (Å²) in [6.45, 7) is 6.08. The maximum Gasteiger partial charge on any atom is 0.411 e. The Morgan fingerprint density at radius 3 is 2.37 bits per heavy atom. The summed E-state index contributed by atoms with van der Waals surface area (Å²) in [5.74, 6) is 1.02. The van der Waals surface area contributed by atoms with Gasteiger partial charge in [0.05, 0.1) is 12.5 Å². The molecule has 0 spiro atoms. The van der Waals surface area contributed by atoms with Crippen LogP contribution in [0.4, 0.5) is 13.2 Å². The van der Waals surface area contributed by atoms with Gasteiger partial charge in [0, 0.05) is 13.1 Å². The van der Waals surface area contributed by atoms with Gasteiger partial charge < -0.3 is 9.64 Å². The van der Waals surface area contributed by atoms with E-state index in [0.29, 0.717) is 17.3 Å². The Morgan fingerprint density at radius 2 is 1.89 bits per heavy atom. The van der Waals surface area contributed by atoms with Crippen molar-refractivity contribution in [3.8, 4) is 0 Å². The molecule has 0 bridgehead atoms. The summed E-state index contributed by atoms with van der Waals surface area (Å²) in [4.78, 5) is 13.7. The monoisotopic (exact) mass is 279 g/mol. The topological polar surface area (TPSA) is 29.5 Å². The van der Waals surface area contributed by atoms with Crippen molar-refractivity contribution in [1.29, 1.82) is 0 Å². The highest BCUT2D eigenvalue weighted by Gasteiger charge is 2.62. The second kappa shape index (κ2) is 4.65. The smallest absolute Gasteiger partial charge is 0.369 e. The fourth-order valence-electron chi connectivity index (χ4n) is 3.01. The number of likely N-dealkylation sites (tertiary alicyclic amines) is 1. The molecule has 1 aliphatic heterocycles. The van der Waals surface area contributed by atoms with Crippen LogP contribution in [0.5, 0.6) is 0 Å². The molecule has 0 aromatic carbocycles. The minimum Gasteiger partial charge on any atom is -0.369 e. The lowest BCUT2D eigenvalue weighted by Gasteiger charge is -2.24. The van der Waals surface area contributed by atoms with Crippen LogP contribution in [-0.2, 0) is 9.53 Å². The molecule has 2 aliphatic rings. The van der Waals surface area contributed by atoms with Crippen molar-refractivity contribution in [3.63, 3.8) is 0 Å². The van der Waals surface area contributed by atoms with Crippen molar-refractivity contribution in [2.45, 2.75) is 39.5 Å². The van der Waals surface area contributed by atoms with Gasteiger partial charge in [-0.1, -0.05) is 13.8 Å². The molecule has 3 nitrogen and oxygen atoms in total. The number of hydrogen-bond acceptors (Lipinski definition) is 2. The summed E-state index contributed by atoms with van der Waals surface area (Å²) in [7, 11) is 0. The van der Waals surface area contributed by atoms with E-state index in [1.807, 2.05) is 0 Å². The molecule has 2 fully saturated rings. The molecule has 0 aromatic heterocycles. The lowest BCUT2D eigenvalue weighted by molar-refractivity contribution is -0.185. The predicted molar refractivity (Wildman–Crippen MR) is 63.4 cm³/mol. The lowest BCUT2D eigenvalue weighted by Crippen LogP contribution is -2.35. The number of piperidine rings is 1. The first-order chi connectivity index (χ1) is 8.61. The largest absolute Gasteiger partial charge is 0.411 e. The van der Waals surface area contributed by atoms with Gasteiger partial charge in [0.1, 0.15) is 6.61 Å². The van der Waals surface area contributed by atoms with Crippen LogP contribution in [0.1, 0.15) is 27.2 Å². The van der Waals surface area contributed by atoms with Gasteiger partial charge in [-0.05, 0) is 24.2 Å². The molecule has 2 rings (SSSR count). The van der Waals surface area contributed by atoms with E-state index in [1.54, 1.807) is 4.90 Å². The van der Waals surface area contributed by atoms with Crippen LogP contribution in [0.2, 0.25) is 0 Å². The first-order valence-corrected chi connectivity index (χ1v) is 6.57. The molecule has 1 amide bonds. The Bertz CT molecular complexity index is 353. The number of amides is 1. The molecular formula is C13H20F3NO2. The number of hydrogen-bond donors (Lipinski definition) is 0. The molecular weight excluding hydrogens is 259 g/mol. The van der Waals surface area contributed by atoms with Crippen molar-refractivity contribution in [2.75, 3.05) is 19.7 Å². The number of carbonyl (C=O) groups is 1. The van der Waals surface area contributed by atoms with Crippen LogP contribution in [0.25, 0.3) is 0 Å². The number of halogens is 3. The molecule has 1 saturated heterocycles. The van der Waals surface area contributed by atoms with Crippen LogP contribution in [0.15, 0.2) is 0 Å². The highest BCUT2D eigenvalue weighted by atomic mass is 19.4. The van der Waals surface area contributed by atoms with E-state index in [9.17, 15) is 18.0 Å². The third-order valence-electron chi connectivity index (χ3n) is 4.47. The van der Waals surface area contributed by atoms with Crippen molar-refractivity contribution in [3.05, 3.63) is 0 Å². The summed E-state index contributed by atoms with van der Waals surface area (Å²) in [5, 5.41) is 0. The number of nitrogens with zero attached hydrogens (tertiary/aromatic N) is 1. The molecule has 1 heterocycles. The predicted octanol–water partition coefficient (Wildman–Crippen LogP) is 2.46. The van der Waals surface area contributed by atoms with Gasteiger partial charge in [-0.3, -0.25) is 4.79 Å². The average Bonchev–Trinajstić information content (AvgIpc) is 2.67. The Balaban J connectivity index is 1.71. The SMILES string of the molecule is C[C@H](CC(=O)N1CC2C(C1)C2(C)C)OCC(F)(F)F. The van der Waals surface area contributed by atoms with Crippen LogP contribution in [-0.4, -0.2) is 42.8 Å². The molecule has 110 valence electrons. The Hall–Kier alpha value is -0.780. The van der Waals surface area contributed by atoms with Crippen molar-refractivity contribution in [1.82, 2.24) is 4.90 Å². The van der Waals surface area contributed by atoms with E-state index < -0.39 is 18.9 Å². The molecule has 0 aromatic rings. The number of carbonyl (C=O) groups excluding carboxylic acids is 1.